The van der Waals surface area contributed by atoms with Gasteiger partial charge in [-0.2, -0.15) is 0 Å². The van der Waals surface area contributed by atoms with Crippen molar-refractivity contribution in [2.45, 2.75) is 58.0 Å². The van der Waals surface area contributed by atoms with Gasteiger partial charge in [0.05, 0.1) is 11.0 Å². The molecule has 0 unspecified atom stereocenters. The Hall–Kier alpha value is -2.41. The van der Waals surface area contributed by atoms with Gasteiger partial charge in [0.1, 0.15) is 11.4 Å². The molecule has 1 N–H and O–H groups in total. The molecule has 3 heterocycles. The van der Waals surface area contributed by atoms with Gasteiger partial charge in [-0.15, -0.1) is 0 Å². The highest BCUT2D eigenvalue weighted by atomic mass is 16.6. The lowest BCUT2D eigenvalue weighted by Gasteiger charge is -2.33. The summed E-state index contributed by atoms with van der Waals surface area (Å²) >= 11 is 0. The molecule has 7 nitrogen and oxygen atoms in total. The van der Waals surface area contributed by atoms with Gasteiger partial charge in [0.25, 0.3) is 0 Å². The number of likely N-dealkylation sites (tertiary alicyclic amines) is 1. The Bertz CT molecular complexity index is 916. The molecule has 2 fully saturated rings. The van der Waals surface area contributed by atoms with Crippen molar-refractivity contribution in [3.63, 3.8) is 0 Å². The Labute approximate surface area is 177 Å². The minimum Gasteiger partial charge on any atom is -0.444 e. The van der Waals surface area contributed by atoms with Crippen LogP contribution in [0.1, 0.15) is 63.0 Å². The van der Waals surface area contributed by atoms with Crippen LogP contribution in [0, 0.1) is 5.92 Å². The maximum atomic E-state index is 13.5. The number of benzene rings is 1. The largest absolute Gasteiger partial charge is 0.444 e. The van der Waals surface area contributed by atoms with Gasteiger partial charge in [-0.3, -0.25) is 9.36 Å². The van der Waals surface area contributed by atoms with Crippen LogP contribution in [0.15, 0.2) is 24.3 Å². The number of ether oxygens (including phenoxy) is 1. The molecule has 2 aromatic rings. The van der Waals surface area contributed by atoms with E-state index in [1.165, 1.54) is 0 Å². The lowest BCUT2D eigenvalue weighted by atomic mass is 9.94. The molecule has 2 aliphatic rings. The molecule has 2 aliphatic heterocycles. The molecule has 0 saturated carbocycles. The van der Waals surface area contributed by atoms with Gasteiger partial charge in [0.15, 0.2) is 0 Å². The monoisotopic (exact) mass is 412 g/mol. The summed E-state index contributed by atoms with van der Waals surface area (Å²) < 4.78 is 7.39. The number of imidazole rings is 1. The smallest absolute Gasteiger partial charge is 0.410 e. The number of nitrogens with zero attached hydrogens (tertiary/aromatic N) is 3. The van der Waals surface area contributed by atoms with E-state index in [-0.39, 0.29) is 23.8 Å². The molecule has 2 saturated heterocycles. The second-order valence-corrected chi connectivity index (χ2v) is 9.40. The van der Waals surface area contributed by atoms with Gasteiger partial charge >= 0.3 is 6.09 Å². The Morgan fingerprint density at radius 1 is 1.07 bits per heavy atom. The standard InChI is InChI=1S/C23H32N4O3/c1-23(2,3)30-22(29)26-14-10-16(11-15-26)20-25-18-6-4-5-7-19(18)27(20)21(28)17-8-12-24-13-9-17/h4-7,16-17,24H,8-15H2,1-3H3. The highest BCUT2D eigenvalue weighted by Gasteiger charge is 2.33. The van der Waals surface area contributed by atoms with E-state index < -0.39 is 5.60 Å². The quantitative estimate of drug-likeness (QED) is 0.812. The van der Waals surface area contributed by atoms with Crippen LogP contribution in [0.25, 0.3) is 11.0 Å². The molecule has 0 bridgehead atoms. The van der Waals surface area contributed by atoms with E-state index in [0.717, 1.165) is 55.6 Å². The molecule has 4 rings (SSSR count). The Morgan fingerprint density at radius 3 is 2.40 bits per heavy atom. The number of aromatic nitrogens is 2. The molecule has 0 aliphatic carbocycles. The van der Waals surface area contributed by atoms with Crippen molar-refractivity contribution in [3.05, 3.63) is 30.1 Å². The highest BCUT2D eigenvalue weighted by Crippen LogP contribution is 2.32. The van der Waals surface area contributed by atoms with Crippen LogP contribution < -0.4 is 5.32 Å². The third-order valence-corrected chi connectivity index (χ3v) is 6.01. The topological polar surface area (TPSA) is 76.5 Å². The minimum absolute atomic E-state index is 0.0319. The first-order valence-electron chi connectivity index (χ1n) is 11.0. The van der Waals surface area contributed by atoms with Crippen molar-refractivity contribution in [2.75, 3.05) is 26.2 Å². The van der Waals surface area contributed by atoms with Crippen molar-refractivity contribution < 1.29 is 14.3 Å². The van der Waals surface area contributed by atoms with Gasteiger partial charge in [-0.05, 0) is 71.7 Å². The molecule has 7 heteroatoms. The SMILES string of the molecule is CC(C)(C)OC(=O)N1CCC(c2nc3ccccc3n2C(=O)C2CCNCC2)CC1. The summed E-state index contributed by atoms with van der Waals surface area (Å²) in [6.45, 7) is 8.64. The number of rotatable bonds is 2. The maximum Gasteiger partial charge on any atom is 0.410 e. The van der Waals surface area contributed by atoms with Gasteiger partial charge < -0.3 is 15.0 Å². The summed E-state index contributed by atoms with van der Waals surface area (Å²) in [6.07, 6.45) is 3.02. The van der Waals surface area contributed by atoms with Gasteiger partial charge in [0.2, 0.25) is 5.91 Å². The van der Waals surface area contributed by atoms with Crippen LogP contribution in [0.4, 0.5) is 4.79 Å². The number of amides is 1. The number of para-hydroxylation sites is 2. The number of carbonyl (C=O) groups excluding carboxylic acids is 2. The van der Waals surface area contributed by atoms with Crippen LogP contribution >= 0.6 is 0 Å². The minimum atomic E-state index is -0.497. The summed E-state index contributed by atoms with van der Waals surface area (Å²) in [4.78, 5) is 32.5. The fourth-order valence-electron chi connectivity index (χ4n) is 4.45. The lowest BCUT2D eigenvalue weighted by Crippen LogP contribution is -2.42. The zero-order valence-electron chi connectivity index (χ0n) is 18.2. The normalized spacial score (nSPS) is 19.2. The van der Waals surface area contributed by atoms with E-state index in [9.17, 15) is 9.59 Å². The van der Waals surface area contributed by atoms with E-state index in [1.54, 1.807) is 4.90 Å². The number of fused-ring (bicyclic) bond motifs is 1. The summed E-state index contributed by atoms with van der Waals surface area (Å²) in [5.74, 6) is 1.20. The Balaban J connectivity index is 1.56. The van der Waals surface area contributed by atoms with Gasteiger partial charge in [-0.1, -0.05) is 12.1 Å². The molecule has 30 heavy (non-hydrogen) atoms. The molecule has 1 aromatic heterocycles. The average Bonchev–Trinajstić information content (AvgIpc) is 3.12. The summed E-state index contributed by atoms with van der Waals surface area (Å²) in [5, 5.41) is 3.34. The van der Waals surface area contributed by atoms with E-state index in [1.807, 2.05) is 49.6 Å². The van der Waals surface area contributed by atoms with Crippen molar-refractivity contribution in [1.29, 1.82) is 0 Å². The first-order chi connectivity index (χ1) is 14.3. The molecule has 0 atom stereocenters. The fourth-order valence-corrected chi connectivity index (χ4v) is 4.45. The molecule has 162 valence electrons. The third kappa shape index (κ3) is 4.36. The number of hydrogen-bond acceptors (Lipinski definition) is 5. The van der Waals surface area contributed by atoms with Crippen LogP contribution in [0.5, 0.6) is 0 Å². The number of hydrogen-bond donors (Lipinski definition) is 1. The zero-order chi connectivity index (χ0) is 21.3. The van der Waals surface area contributed by atoms with Crippen LogP contribution in [0.2, 0.25) is 0 Å². The molecule has 0 radical (unpaired) electrons. The molecule has 0 spiro atoms. The Kier molecular flexibility index (Phi) is 5.82. The highest BCUT2D eigenvalue weighted by molar-refractivity contribution is 5.92. The second-order valence-electron chi connectivity index (χ2n) is 9.40. The van der Waals surface area contributed by atoms with Gasteiger partial charge in [-0.25, -0.2) is 9.78 Å². The maximum absolute atomic E-state index is 13.5. The van der Waals surface area contributed by atoms with Crippen LogP contribution in [0.3, 0.4) is 0 Å². The first kappa shape index (κ1) is 20.8. The van der Waals surface area contributed by atoms with Crippen LogP contribution in [-0.4, -0.2) is 58.2 Å². The molecule has 1 aromatic carbocycles. The van der Waals surface area contributed by atoms with E-state index in [2.05, 4.69) is 5.32 Å². The first-order valence-corrected chi connectivity index (χ1v) is 11.0. The number of piperidine rings is 2. The Morgan fingerprint density at radius 2 is 1.73 bits per heavy atom. The number of carbonyl (C=O) groups is 2. The molecular weight excluding hydrogens is 380 g/mol. The number of nitrogens with one attached hydrogen (secondary N) is 1. The van der Waals surface area contributed by atoms with Crippen molar-refractivity contribution in [3.8, 4) is 0 Å². The predicted octanol–water partition coefficient (Wildman–Crippen LogP) is 3.79. The second kappa shape index (κ2) is 8.38. The molecule has 1 amide bonds. The van der Waals surface area contributed by atoms with Crippen LogP contribution in [-0.2, 0) is 4.74 Å². The third-order valence-electron chi connectivity index (χ3n) is 6.01. The summed E-state index contributed by atoms with van der Waals surface area (Å²) in [5.41, 5.74) is 1.26. The van der Waals surface area contributed by atoms with E-state index in [4.69, 9.17) is 9.72 Å². The molecular formula is C23H32N4O3. The van der Waals surface area contributed by atoms with Gasteiger partial charge in [0, 0.05) is 24.9 Å². The van der Waals surface area contributed by atoms with Crippen molar-refractivity contribution in [1.82, 2.24) is 19.8 Å². The zero-order valence-corrected chi connectivity index (χ0v) is 18.2. The fraction of sp³-hybridized carbons (Fsp3) is 0.609. The van der Waals surface area contributed by atoms with Crippen molar-refractivity contribution in [2.24, 2.45) is 5.92 Å². The lowest BCUT2D eigenvalue weighted by molar-refractivity contribution is 0.0201. The van der Waals surface area contributed by atoms with E-state index in [0.29, 0.717) is 13.1 Å². The summed E-state index contributed by atoms with van der Waals surface area (Å²) in [6, 6.07) is 7.89. The van der Waals surface area contributed by atoms with Crippen molar-refractivity contribution >= 4 is 23.0 Å². The van der Waals surface area contributed by atoms with E-state index >= 15 is 0 Å². The average molecular weight is 413 g/mol. The predicted molar refractivity (Wildman–Crippen MR) is 116 cm³/mol. The summed E-state index contributed by atoms with van der Waals surface area (Å²) in [7, 11) is 0.